The molecule has 0 aliphatic heterocycles. The summed E-state index contributed by atoms with van der Waals surface area (Å²) in [6, 6.07) is 0. The van der Waals surface area contributed by atoms with Crippen molar-refractivity contribution in [3.8, 4) is 11.4 Å². The molecule has 0 aromatic carbocycles. The molecule has 2 aromatic rings. The number of nitrogens with one attached hydrogen (secondary N) is 1. The van der Waals surface area contributed by atoms with Gasteiger partial charge in [0.25, 0.3) is 0 Å². The van der Waals surface area contributed by atoms with Gasteiger partial charge < -0.3 is 5.73 Å². The number of hydrogen-bond donors (Lipinski definition) is 2. The topological polar surface area (TPSA) is 80.5 Å². The number of rotatable bonds is 2. The molecule has 2 heterocycles. The first-order valence-corrected chi connectivity index (χ1v) is 5.46. The third-order valence-electron chi connectivity index (χ3n) is 2.88. The Labute approximate surface area is 93.1 Å². The lowest BCUT2D eigenvalue weighted by atomic mass is 9.98. The summed E-state index contributed by atoms with van der Waals surface area (Å²) in [7, 11) is 0. The van der Waals surface area contributed by atoms with Crippen molar-refractivity contribution in [1.29, 1.82) is 0 Å². The van der Waals surface area contributed by atoms with Crippen molar-refractivity contribution in [3.05, 3.63) is 29.3 Å². The maximum absolute atomic E-state index is 5.52. The van der Waals surface area contributed by atoms with Crippen LogP contribution in [0, 0.1) is 0 Å². The highest BCUT2D eigenvalue weighted by Crippen LogP contribution is 2.28. The minimum Gasteiger partial charge on any atom is -0.330 e. The van der Waals surface area contributed by atoms with Crippen LogP contribution in [-0.2, 0) is 19.3 Å². The van der Waals surface area contributed by atoms with Gasteiger partial charge in [0.1, 0.15) is 5.69 Å². The first-order valence-electron chi connectivity index (χ1n) is 5.46. The Kier molecular flexibility index (Phi) is 2.18. The molecule has 2 aromatic heterocycles. The van der Waals surface area contributed by atoms with Crippen molar-refractivity contribution >= 4 is 0 Å². The summed E-state index contributed by atoms with van der Waals surface area (Å²) in [5.74, 6) is 0. The molecule has 82 valence electrons. The molecule has 5 nitrogen and oxygen atoms in total. The molecule has 16 heavy (non-hydrogen) atoms. The van der Waals surface area contributed by atoms with E-state index in [-0.39, 0.29) is 0 Å². The van der Waals surface area contributed by atoms with Crippen LogP contribution >= 0.6 is 0 Å². The average molecular weight is 215 g/mol. The maximum atomic E-state index is 5.52. The van der Waals surface area contributed by atoms with Crippen molar-refractivity contribution < 1.29 is 0 Å². The lowest BCUT2D eigenvalue weighted by Crippen LogP contribution is -2.11. The average Bonchev–Trinajstić information content (AvgIpc) is 2.78. The minimum absolute atomic E-state index is 0.600. The van der Waals surface area contributed by atoms with Gasteiger partial charge in [-0.05, 0) is 24.9 Å². The van der Waals surface area contributed by atoms with Crippen LogP contribution in [0.15, 0.2) is 12.4 Å². The van der Waals surface area contributed by atoms with Gasteiger partial charge >= 0.3 is 0 Å². The summed E-state index contributed by atoms with van der Waals surface area (Å²) in [5, 5.41) is 7.06. The number of nitrogens with two attached hydrogens (primary N) is 1. The number of aromatic nitrogens is 4. The molecule has 0 fully saturated rings. The van der Waals surface area contributed by atoms with E-state index in [1.165, 1.54) is 5.56 Å². The zero-order valence-electron chi connectivity index (χ0n) is 8.90. The molecule has 0 saturated heterocycles. The van der Waals surface area contributed by atoms with Crippen molar-refractivity contribution in [1.82, 2.24) is 20.2 Å². The summed E-state index contributed by atoms with van der Waals surface area (Å²) >= 11 is 0. The highest BCUT2D eigenvalue weighted by Gasteiger charge is 2.20. The zero-order chi connectivity index (χ0) is 11.0. The van der Waals surface area contributed by atoms with Gasteiger partial charge in [0.15, 0.2) is 0 Å². The Hall–Kier alpha value is -1.75. The van der Waals surface area contributed by atoms with Crippen LogP contribution in [-0.4, -0.2) is 26.7 Å². The molecular formula is C11H13N5. The van der Waals surface area contributed by atoms with E-state index in [2.05, 4.69) is 20.2 Å². The first kappa shape index (κ1) is 9.47. The second kappa shape index (κ2) is 3.68. The zero-order valence-corrected chi connectivity index (χ0v) is 8.90. The Morgan fingerprint density at radius 1 is 1.31 bits per heavy atom. The standard InChI is InChI=1S/C11H13N5/c12-4-3-8-6-13-9-2-1-7-5-14-16-10(7)11(9)15-8/h5-6H,1-4,12H2,(H,14,16). The Bertz CT molecular complexity index is 517. The fourth-order valence-corrected chi connectivity index (χ4v) is 2.06. The predicted octanol–water partition coefficient (Wildman–Crippen LogP) is 0.466. The quantitative estimate of drug-likeness (QED) is 0.763. The monoisotopic (exact) mass is 215 g/mol. The van der Waals surface area contributed by atoms with Crippen LogP contribution in [0.5, 0.6) is 0 Å². The Morgan fingerprint density at radius 2 is 2.25 bits per heavy atom. The maximum Gasteiger partial charge on any atom is 0.110 e. The van der Waals surface area contributed by atoms with E-state index in [1.54, 1.807) is 0 Å². The molecule has 0 radical (unpaired) electrons. The number of fused-ring (bicyclic) bond motifs is 3. The Balaban J connectivity index is 2.11. The molecule has 5 heteroatoms. The van der Waals surface area contributed by atoms with Crippen molar-refractivity contribution in [3.63, 3.8) is 0 Å². The number of nitrogens with zero attached hydrogens (tertiary/aromatic N) is 3. The van der Waals surface area contributed by atoms with E-state index in [0.29, 0.717) is 6.54 Å². The van der Waals surface area contributed by atoms with Gasteiger partial charge in [-0.25, -0.2) is 4.98 Å². The lowest BCUT2D eigenvalue weighted by Gasteiger charge is -2.14. The Morgan fingerprint density at radius 3 is 3.12 bits per heavy atom. The molecule has 0 atom stereocenters. The van der Waals surface area contributed by atoms with Crippen molar-refractivity contribution in [2.45, 2.75) is 19.3 Å². The van der Waals surface area contributed by atoms with Crippen LogP contribution in [0.25, 0.3) is 11.4 Å². The fourth-order valence-electron chi connectivity index (χ4n) is 2.06. The molecule has 0 spiro atoms. The molecule has 1 aliphatic carbocycles. The van der Waals surface area contributed by atoms with Crippen LogP contribution in [0.1, 0.15) is 17.0 Å². The third-order valence-corrected chi connectivity index (χ3v) is 2.88. The van der Waals surface area contributed by atoms with E-state index in [1.807, 2.05) is 12.4 Å². The summed E-state index contributed by atoms with van der Waals surface area (Å²) in [4.78, 5) is 9.05. The van der Waals surface area contributed by atoms with Crippen LogP contribution in [0.4, 0.5) is 0 Å². The van der Waals surface area contributed by atoms with E-state index < -0.39 is 0 Å². The highest BCUT2D eigenvalue weighted by molar-refractivity contribution is 5.63. The van der Waals surface area contributed by atoms with Gasteiger partial charge in [-0.15, -0.1) is 0 Å². The SMILES string of the molecule is NCCc1cnc2c(n1)-c1[nH]ncc1CC2. The van der Waals surface area contributed by atoms with E-state index >= 15 is 0 Å². The fraction of sp³-hybridized carbons (Fsp3) is 0.364. The summed E-state index contributed by atoms with van der Waals surface area (Å²) in [5.41, 5.74) is 10.7. The number of hydrogen-bond acceptors (Lipinski definition) is 4. The summed E-state index contributed by atoms with van der Waals surface area (Å²) in [6.45, 7) is 0.600. The molecule has 0 amide bonds. The van der Waals surface area contributed by atoms with Gasteiger partial charge in [-0.1, -0.05) is 0 Å². The van der Waals surface area contributed by atoms with E-state index in [4.69, 9.17) is 5.73 Å². The van der Waals surface area contributed by atoms with Gasteiger partial charge in [0, 0.05) is 12.6 Å². The predicted molar refractivity (Wildman–Crippen MR) is 59.8 cm³/mol. The molecule has 0 saturated carbocycles. The van der Waals surface area contributed by atoms with Gasteiger partial charge in [0.2, 0.25) is 0 Å². The minimum atomic E-state index is 0.600. The second-order valence-electron chi connectivity index (χ2n) is 3.97. The van der Waals surface area contributed by atoms with Gasteiger partial charge in [0.05, 0.1) is 23.3 Å². The highest BCUT2D eigenvalue weighted by atomic mass is 15.1. The number of H-pyrrole nitrogens is 1. The largest absolute Gasteiger partial charge is 0.330 e. The van der Waals surface area contributed by atoms with Crippen LogP contribution in [0.3, 0.4) is 0 Å². The van der Waals surface area contributed by atoms with E-state index in [0.717, 1.165) is 42.0 Å². The normalized spacial score (nSPS) is 13.3. The smallest absolute Gasteiger partial charge is 0.110 e. The first-order chi connectivity index (χ1) is 7.88. The van der Waals surface area contributed by atoms with Gasteiger partial charge in [-0.3, -0.25) is 10.1 Å². The van der Waals surface area contributed by atoms with Crippen LogP contribution in [0.2, 0.25) is 0 Å². The molecule has 3 rings (SSSR count). The van der Waals surface area contributed by atoms with Gasteiger partial charge in [-0.2, -0.15) is 5.10 Å². The molecule has 0 bridgehead atoms. The molecule has 1 aliphatic rings. The van der Waals surface area contributed by atoms with E-state index in [9.17, 15) is 0 Å². The third kappa shape index (κ3) is 1.40. The van der Waals surface area contributed by atoms with Crippen molar-refractivity contribution in [2.24, 2.45) is 5.73 Å². The lowest BCUT2D eigenvalue weighted by molar-refractivity contribution is 0.842. The molecular weight excluding hydrogens is 202 g/mol. The number of aryl methyl sites for hydroxylation is 2. The van der Waals surface area contributed by atoms with Crippen LogP contribution < -0.4 is 5.73 Å². The molecule has 3 N–H and O–H groups in total. The molecule has 0 unspecified atom stereocenters. The second-order valence-corrected chi connectivity index (χ2v) is 3.97. The summed E-state index contributed by atoms with van der Waals surface area (Å²) < 4.78 is 0. The number of aromatic amines is 1. The van der Waals surface area contributed by atoms with Crippen molar-refractivity contribution in [2.75, 3.05) is 6.54 Å². The summed E-state index contributed by atoms with van der Waals surface area (Å²) in [6.07, 6.45) is 6.40.